The molecule has 3 aromatic rings. The van der Waals surface area contributed by atoms with Gasteiger partial charge in [0.05, 0.1) is 17.9 Å². The SMILES string of the molecule is CCN(CC(=O)Nc1cc(Cl)ccc1-n1cncn1)Cc1ccccc1. The monoisotopic (exact) mass is 369 g/mol. The summed E-state index contributed by atoms with van der Waals surface area (Å²) in [5.41, 5.74) is 2.49. The Bertz CT molecular complexity index is 852. The van der Waals surface area contributed by atoms with Gasteiger partial charge in [0.2, 0.25) is 5.91 Å². The average Bonchev–Trinajstić information content (AvgIpc) is 3.16. The van der Waals surface area contributed by atoms with Crippen molar-refractivity contribution >= 4 is 23.2 Å². The number of benzene rings is 2. The molecule has 26 heavy (non-hydrogen) atoms. The van der Waals surface area contributed by atoms with Gasteiger partial charge >= 0.3 is 0 Å². The van der Waals surface area contributed by atoms with E-state index in [1.54, 1.807) is 29.2 Å². The van der Waals surface area contributed by atoms with Gasteiger partial charge in [0.15, 0.2) is 0 Å². The zero-order chi connectivity index (χ0) is 18.4. The molecule has 0 aliphatic heterocycles. The molecule has 1 aromatic heterocycles. The minimum Gasteiger partial charge on any atom is -0.323 e. The summed E-state index contributed by atoms with van der Waals surface area (Å²) in [5, 5.41) is 7.60. The van der Waals surface area contributed by atoms with E-state index >= 15 is 0 Å². The van der Waals surface area contributed by atoms with Crippen LogP contribution in [0.2, 0.25) is 5.02 Å². The molecule has 0 fully saturated rings. The topological polar surface area (TPSA) is 63.1 Å². The molecular formula is C19H20ClN5O. The lowest BCUT2D eigenvalue weighted by Gasteiger charge is -2.20. The first kappa shape index (κ1) is 18.1. The zero-order valence-corrected chi connectivity index (χ0v) is 15.2. The van der Waals surface area contributed by atoms with E-state index in [1.165, 1.54) is 11.9 Å². The van der Waals surface area contributed by atoms with Crippen LogP contribution < -0.4 is 5.32 Å². The first-order valence-corrected chi connectivity index (χ1v) is 8.74. The van der Waals surface area contributed by atoms with Crippen LogP contribution in [0.5, 0.6) is 0 Å². The molecule has 2 aromatic carbocycles. The second kappa shape index (κ2) is 8.60. The van der Waals surface area contributed by atoms with E-state index in [0.29, 0.717) is 16.4 Å². The normalized spacial score (nSPS) is 10.9. The average molecular weight is 370 g/mol. The number of hydrogen-bond acceptors (Lipinski definition) is 4. The predicted molar refractivity (Wildman–Crippen MR) is 102 cm³/mol. The Morgan fingerprint density at radius 3 is 2.73 bits per heavy atom. The zero-order valence-electron chi connectivity index (χ0n) is 14.5. The van der Waals surface area contributed by atoms with Crippen molar-refractivity contribution in [2.75, 3.05) is 18.4 Å². The number of amides is 1. The third kappa shape index (κ3) is 4.68. The highest BCUT2D eigenvalue weighted by Gasteiger charge is 2.13. The third-order valence-corrected chi connectivity index (χ3v) is 4.20. The van der Waals surface area contributed by atoms with Crippen LogP contribution >= 0.6 is 11.6 Å². The fraction of sp³-hybridized carbons (Fsp3) is 0.211. The van der Waals surface area contributed by atoms with Gasteiger partial charge in [-0.3, -0.25) is 9.69 Å². The van der Waals surface area contributed by atoms with Crippen molar-refractivity contribution in [1.82, 2.24) is 19.7 Å². The van der Waals surface area contributed by atoms with E-state index in [1.807, 2.05) is 25.1 Å². The maximum Gasteiger partial charge on any atom is 0.238 e. The number of likely N-dealkylation sites (N-methyl/N-ethyl adjacent to an activating group) is 1. The van der Waals surface area contributed by atoms with Gasteiger partial charge in [-0.25, -0.2) is 9.67 Å². The van der Waals surface area contributed by atoms with Gasteiger partial charge in [-0.15, -0.1) is 0 Å². The quantitative estimate of drug-likeness (QED) is 0.693. The molecule has 3 rings (SSSR count). The molecule has 0 aliphatic carbocycles. The van der Waals surface area contributed by atoms with Gasteiger partial charge < -0.3 is 5.32 Å². The molecule has 0 aliphatic rings. The minimum absolute atomic E-state index is 0.105. The van der Waals surface area contributed by atoms with Crippen LogP contribution in [0.25, 0.3) is 5.69 Å². The summed E-state index contributed by atoms with van der Waals surface area (Å²) in [4.78, 5) is 18.6. The van der Waals surface area contributed by atoms with E-state index in [9.17, 15) is 4.79 Å². The summed E-state index contributed by atoms with van der Waals surface area (Å²) in [6.45, 7) is 3.81. The first-order valence-electron chi connectivity index (χ1n) is 8.36. The van der Waals surface area contributed by atoms with E-state index in [2.05, 4.69) is 32.4 Å². The van der Waals surface area contributed by atoms with Crippen molar-refractivity contribution in [2.24, 2.45) is 0 Å². The Morgan fingerprint density at radius 2 is 2.04 bits per heavy atom. The molecule has 0 atom stereocenters. The Labute approximate surface area is 157 Å². The highest BCUT2D eigenvalue weighted by atomic mass is 35.5. The van der Waals surface area contributed by atoms with Crippen LogP contribution in [0.1, 0.15) is 12.5 Å². The van der Waals surface area contributed by atoms with Crippen LogP contribution in [-0.4, -0.2) is 38.7 Å². The van der Waals surface area contributed by atoms with Crippen molar-refractivity contribution in [3.63, 3.8) is 0 Å². The molecule has 0 unspecified atom stereocenters. The number of anilines is 1. The lowest BCUT2D eigenvalue weighted by atomic mass is 10.2. The second-order valence-corrected chi connectivity index (χ2v) is 6.28. The summed E-state index contributed by atoms with van der Waals surface area (Å²) in [6, 6.07) is 15.4. The smallest absolute Gasteiger partial charge is 0.238 e. The molecule has 1 amide bonds. The Kier molecular flexibility index (Phi) is 5.99. The summed E-state index contributed by atoms with van der Waals surface area (Å²) >= 11 is 6.10. The van der Waals surface area contributed by atoms with Gasteiger partial charge in [0.1, 0.15) is 12.7 Å². The number of nitrogens with one attached hydrogen (secondary N) is 1. The number of nitrogens with zero attached hydrogens (tertiary/aromatic N) is 4. The minimum atomic E-state index is -0.105. The first-order chi connectivity index (χ1) is 12.7. The van der Waals surface area contributed by atoms with Gasteiger partial charge in [-0.2, -0.15) is 5.10 Å². The maximum absolute atomic E-state index is 12.6. The highest BCUT2D eigenvalue weighted by molar-refractivity contribution is 6.31. The highest BCUT2D eigenvalue weighted by Crippen LogP contribution is 2.24. The van der Waals surface area contributed by atoms with Crippen LogP contribution in [0.15, 0.2) is 61.2 Å². The Morgan fingerprint density at radius 1 is 1.23 bits per heavy atom. The summed E-state index contributed by atoms with van der Waals surface area (Å²) in [6.07, 6.45) is 3.02. The molecule has 134 valence electrons. The molecule has 6 nitrogen and oxygen atoms in total. The molecular weight excluding hydrogens is 350 g/mol. The number of rotatable bonds is 7. The molecule has 0 saturated carbocycles. The van der Waals surface area contributed by atoms with Gasteiger partial charge in [-0.05, 0) is 30.3 Å². The molecule has 0 spiro atoms. The van der Waals surface area contributed by atoms with Crippen LogP contribution in [0, 0.1) is 0 Å². The molecule has 7 heteroatoms. The van der Waals surface area contributed by atoms with E-state index in [-0.39, 0.29) is 12.5 Å². The molecule has 1 N–H and O–H groups in total. The van der Waals surface area contributed by atoms with Crippen molar-refractivity contribution < 1.29 is 4.79 Å². The van der Waals surface area contributed by atoms with Crippen LogP contribution in [0.3, 0.4) is 0 Å². The standard InChI is InChI=1S/C19H20ClN5O/c1-2-24(11-15-6-4-3-5-7-15)12-19(26)23-17-10-16(20)8-9-18(17)25-14-21-13-22-25/h3-10,13-14H,2,11-12H2,1H3,(H,23,26). The van der Waals surface area contributed by atoms with Gasteiger partial charge in [0.25, 0.3) is 0 Å². The molecule has 0 radical (unpaired) electrons. The number of aromatic nitrogens is 3. The van der Waals surface area contributed by atoms with Crippen molar-refractivity contribution in [3.05, 3.63) is 71.8 Å². The number of carbonyl (C=O) groups excluding carboxylic acids is 1. The summed E-state index contributed by atoms with van der Waals surface area (Å²) in [7, 11) is 0. The lowest BCUT2D eigenvalue weighted by Crippen LogP contribution is -2.33. The van der Waals surface area contributed by atoms with E-state index in [0.717, 1.165) is 13.1 Å². The fourth-order valence-corrected chi connectivity index (χ4v) is 2.83. The van der Waals surface area contributed by atoms with E-state index in [4.69, 9.17) is 11.6 Å². The number of hydrogen-bond donors (Lipinski definition) is 1. The largest absolute Gasteiger partial charge is 0.323 e. The second-order valence-electron chi connectivity index (χ2n) is 5.84. The van der Waals surface area contributed by atoms with Crippen molar-refractivity contribution in [2.45, 2.75) is 13.5 Å². The maximum atomic E-state index is 12.6. The number of carbonyl (C=O) groups is 1. The summed E-state index contributed by atoms with van der Waals surface area (Å²) < 4.78 is 1.59. The van der Waals surface area contributed by atoms with Crippen molar-refractivity contribution in [1.29, 1.82) is 0 Å². The van der Waals surface area contributed by atoms with Gasteiger partial charge in [-0.1, -0.05) is 48.9 Å². The Hall–Kier alpha value is -2.70. The van der Waals surface area contributed by atoms with E-state index < -0.39 is 0 Å². The lowest BCUT2D eigenvalue weighted by molar-refractivity contribution is -0.117. The molecule has 0 bridgehead atoms. The fourth-order valence-electron chi connectivity index (χ4n) is 2.65. The van der Waals surface area contributed by atoms with Crippen LogP contribution in [0.4, 0.5) is 5.69 Å². The molecule has 1 heterocycles. The predicted octanol–water partition coefficient (Wildman–Crippen LogP) is 3.38. The van der Waals surface area contributed by atoms with Crippen molar-refractivity contribution in [3.8, 4) is 5.69 Å². The summed E-state index contributed by atoms with van der Waals surface area (Å²) in [5.74, 6) is -0.105. The van der Waals surface area contributed by atoms with Gasteiger partial charge in [0, 0.05) is 11.6 Å². The molecule has 0 saturated heterocycles. The third-order valence-electron chi connectivity index (χ3n) is 3.96. The van der Waals surface area contributed by atoms with Crippen LogP contribution in [-0.2, 0) is 11.3 Å². The number of halogens is 1. The Balaban J connectivity index is 1.70.